The zero-order chi connectivity index (χ0) is 97.1. The van der Waals surface area contributed by atoms with E-state index in [4.69, 9.17) is 22.9 Å². The topological polar surface area (TPSA) is 302 Å². The van der Waals surface area contributed by atoms with E-state index >= 15 is 0 Å². The number of aliphatic hydroxyl groups is 5. The number of imidazole rings is 1. The quantitative estimate of drug-likeness (QED) is 0.0340. The Morgan fingerprint density at radius 1 is 0.623 bits per heavy atom. The number of aromatic nitrogens is 8. The van der Waals surface area contributed by atoms with E-state index in [1.807, 2.05) is 70.2 Å². The van der Waals surface area contributed by atoms with E-state index in [0.717, 1.165) is 140 Å². The Bertz CT molecular complexity index is 6190. The van der Waals surface area contributed by atoms with Crippen molar-refractivity contribution in [2.45, 2.75) is 286 Å². The number of allylic oxidation sites excluding steroid dienone is 13. The van der Waals surface area contributed by atoms with Gasteiger partial charge >= 0.3 is 5.97 Å². The van der Waals surface area contributed by atoms with E-state index < -0.39 is 34.9 Å². The van der Waals surface area contributed by atoms with Gasteiger partial charge in [-0.25, -0.2) is 9.83 Å². The van der Waals surface area contributed by atoms with Crippen molar-refractivity contribution >= 4 is 74.4 Å². The Morgan fingerprint density at radius 2 is 1.19 bits per heavy atom. The molecule has 2 aromatic carbocycles. The Labute approximate surface area is 818 Å². The molecule has 9 saturated carbocycles. The third-order valence-electron chi connectivity index (χ3n) is 39.0. The Balaban J connectivity index is 0.000000110. The number of H-pyrrole nitrogens is 1. The van der Waals surface area contributed by atoms with Crippen molar-refractivity contribution in [2.24, 2.45) is 114 Å². The first-order valence-electron chi connectivity index (χ1n) is 51.5. The summed E-state index contributed by atoms with van der Waals surface area (Å²) < 4.78 is 9.67. The molecule has 0 spiro atoms. The van der Waals surface area contributed by atoms with Crippen LogP contribution in [0, 0.1) is 121 Å². The molecule has 728 valence electrons. The first kappa shape index (κ1) is 96.9. The van der Waals surface area contributed by atoms with Crippen LogP contribution in [0.25, 0.3) is 44.0 Å². The standard InChI is InChI=1S/C26H32N2O.C26H33NO2.C24H31NO.C21H26O5.C19H19ClN6O2/c1-25-13-11-18(29)15-17(25)7-8-19-20-9-10-24(26(20,2)14-12-21(19)25)28-16-27-22-5-3-4-6-23(22)28;1-17(28)29-20-10-12-25(2)19(15-20)6-7-21-23-9-8-22(18-5-4-14-27-16-18)26(23,3)13-11-24(21)25;1-23-11-9-18(26)14-17(23)5-6-19-21-8-7-20(16-4-3-13-25-15-16)24(21,2)12-10-22(19)23;1-19-7-5-13(23)9-12(19)3-4-14-15-6-8-21(26,17(25)11-22)20(15,2)10-16(24)18(14)19;1-11(22-19(28)18-9-17(12(2)27)23-24-18)10-26-7-6-15(25-26)13-4-5-16(21-3)14(20)8-13/h3-7,10,16,18-21,29H,8-9,11-15H2,1-2H3;4-6,8,14,16,20-21,23-24H,7,9-13,15H2,1-3H3;3-5,7,13,15,18-19,21-22,26H,6,8-12,14H2,1-2H3;5,7,9,14-15,18,22,26H,3-4,6,8,10-11H2,1-2H3;4-9,11-12,27H,10H2,1-2H3,(H,22,28)(H,23,24)/t18-,19?,20?,21?,25-,26-;20-,21-,23-,24-,25-,26+;18-,19-,21-,22-,23-,24+;14-,15-,18+,19-,20-,21-;11-,12?/m00000/s1. The summed E-state index contributed by atoms with van der Waals surface area (Å²) in [5.74, 6) is 5.82. The number of para-hydroxylation sites is 2. The third-order valence-corrected chi connectivity index (χ3v) is 39.3. The average molecular weight is 1890 g/mol. The molecule has 4 unspecified atom stereocenters. The number of pyridine rings is 2. The second-order valence-electron chi connectivity index (χ2n) is 46.0. The minimum atomic E-state index is -1.62. The zero-order valence-electron chi connectivity index (χ0n) is 82.4. The van der Waals surface area contributed by atoms with Crippen LogP contribution in [0.5, 0.6) is 0 Å². The first-order valence-corrected chi connectivity index (χ1v) is 51.9. The fourth-order valence-corrected chi connectivity index (χ4v) is 31.9. The number of ether oxygens (including phenoxy) is 1. The summed E-state index contributed by atoms with van der Waals surface area (Å²) in [5.41, 5.74) is 16.8. The van der Waals surface area contributed by atoms with Gasteiger partial charge in [-0.1, -0.05) is 168 Å². The molecule has 16 aliphatic rings. The largest absolute Gasteiger partial charge is 0.462 e. The SMILES string of the molecule is CC(=O)O[C@H]1CC[C@@]2(C)C(=CC[C@@H]3[C@@H]2CC[C@]2(C)C(c4cccnc4)=CC[C@@H]32)C1.C[C@]12C=CC(=O)C=C1CC[C@@H]1[C@@H]2C(=O)C[C@@]2(C)[C@H]1CC[C@]2(O)C(=O)CO.C[C@]12CC[C@H](O)CC1=CCC1C2CC[C@]2(C)C(n3cnc4ccccc43)=CCC12.C[C@]12CC[C@H](O)CC1=CC[C@@H]1[C@@H]2CC[C@]2(C)C(c3cccnc3)=CC[C@@H]12.[C-]#[N+]c1ccc(-c2ccn(C[C@H](C)NC(=O)c3cc(C(C)O)[nH]n3)n2)cc1Cl. The van der Waals surface area contributed by atoms with E-state index in [1.165, 1.54) is 124 Å². The highest BCUT2D eigenvalue weighted by Gasteiger charge is 2.69. The number of fused-ring (bicyclic) bond motifs is 21. The highest BCUT2D eigenvalue weighted by molar-refractivity contribution is 6.33. The molecule has 16 aliphatic carbocycles. The number of benzene rings is 2. The lowest BCUT2D eigenvalue weighted by Crippen LogP contribution is -2.60. The first-order chi connectivity index (χ1) is 66.0. The number of esters is 1. The normalized spacial score (nSPS) is 37.1. The molecule has 26 atom stereocenters. The average Bonchev–Trinajstić information content (AvgIpc) is 1.52. The van der Waals surface area contributed by atoms with Crippen LogP contribution >= 0.6 is 11.6 Å². The monoisotopic (exact) mass is 1890 g/mol. The van der Waals surface area contributed by atoms with Crippen LogP contribution in [0.1, 0.15) is 277 Å². The van der Waals surface area contributed by atoms with E-state index in [2.05, 4.69) is 172 Å². The summed E-state index contributed by atoms with van der Waals surface area (Å²) in [6.07, 6.45) is 58.1. The highest BCUT2D eigenvalue weighted by Crippen LogP contribution is 2.72. The summed E-state index contributed by atoms with van der Waals surface area (Å²) >= 11 is 6.09. The van der Waals surface area contributed by atoms with Gasteiger partial charge in [-0.2, -0.15) is 10.2 Å². The van der Waals surface area contributed by atoms with Crippen LogP contribution in [0.15, 0.2) is 193 Å². The third kappa shape index (κ3) is 16.9. The van der Waals surface area contributed by atoms with Gasteiger partial charge in [-0.3, -0.25) is 43.7 Å². The number of hydrogen-bond donors (Lipinski definition) is 7. The van der Waals surface area contributed by atoms with Crippen molar-refractivity contribution in [3.8, 4) is 11.3 Å². The smallest absolute Gasteiger partial charge is 0.302 e. The lowest BCUT2D eigenvalue weighted by molar-refractivity contribution is -0.168. The van der Waals surface area contributed by atoms with Gasteiger partial charge in [-0.15, -0.1) is 0 Å². The minimum absolute atomic E-state index is 0.0206. The van der Waals surface area contributed by atoms with E-state index in [-0.39, 0.29) is 93.9 Å². The second kappa shape index (κ2) is 37.5. The summed E-state index contributed by atoms with van der Waals surface area (Å²) in [6.45, 7) is 30.8. The van der Waals surface area contributed by atoms with Gasteiger partial charge < -0.3 is 40.2 Å². The zero-order valence-corrected chi connectivity index (χ0v) is 83.2. The number of ketones is 3. The van der Waals surface area contributed by atoms with Crippen LogP contribution in [0.2, 0.25) is 5.02 Å². The molecule has 7 aromatic rings. The molecule has 5 heterocycles. The molecule has 23 rings (SSSR count). The predicted octanol–water partition coefficient (Wildman–Crippen LogP) is 22.3. The molecular formula is C116H141ClN10O11. The Hall–Kier alpha value is -9.92. The molecule has 1 amide bonds. The molecule has 21 nitrogen and oxygen atoms in total. The maximum atomic E-state index is 13.3. The van der Waals surface area contributed by atoms with Crippen molar-refractivity contribution in [3.05, 3.63) is 232 Å². The number of Topliss-reactive ketones (excluding diaryl/α,β-unsaturated/α-hetero) is 2. The molecule has 5 aromatic heterocycles. The number of hydrogen-bond acceptors (Lipinski definition) is 16. The summed E-state index contributed by atoms with van der Waals surface area (Å²) in [5, 5.41) is 64.6. The number of halogens is 1. The maximum Gasteiger partial charge on any atom is 0.302 e. The summed E-state index contributed by atoms with van der Waals surface area (Å²) in [4.78, 5) is 77.9. The molecule has 0 bridgehead atoms. The molecule has 22 heteroatoms. The van der Waals surface area contributed by atoms with Gasteiger partial charge in [-0.05, 0) is 337 Å². The van der Waals surface area contributed by atoms with Crippen molar-refractivity contribution in [1.82, 2.24) is 44.8 Å². The van der Waals surface area contributed by atoms with Crippen LogP contribution in [-0.2, 0) is 30.5 Å². The van der Waals surface area contributed by atoms with Crippen molar-refractivity contribution in [3.63, 3.8) is 0 Å². The molecule has 0 radical (unpaired) electrons. The fourth-order valence-electron chi connectivity index (χ4n) is 31.7. The van der Waals surface area contributed by atoms with Crippen molar-refractivity contribution in [2.75, 3.05) is 6.61 Å². The van der Waals surface area contributed by atoms with Gasteiger partial charge in [0.2, 0.25) is 5.69 Å². The van der Waals surface area contributed by atoms with Gasteiger partial charge in [0.25, 0.3) is 5.91 Å². The number of carbonyl (C=O) groups is 5. The van der Waals surface area contributed by atoms with Gasteiger partial charge in [0.15, 0.2) is 11.6 Å². The van der Waals surface area contributed by atoms with Gasteiger partial charge in [0.05, 0.1) is 53.9 Å². The highest BCUT2D eigenvalue weighted by atomic mass is 35.5. The second-order valence-corrected chi connectivity index (χ2v) is 46.4. The summed E-state index contributed by atoms with van der Waals surface area (Å²) in [6, 6.07) is 25.5. The van der Waals surface area contributed by atoms with Gasteiger partial charge in [0.1, 0.15) is 36.1 Å². The molecule has 0 saturated heterocycles. The number of amides is 1. The fraction of sp³-hybridized carbons (Fsp3) is 0.560. The number of rotatable bonds is 12. The summed E-state index contributed by atoms with van der Waals surface area (Å²) in [7, 11) is 0. The van der Waals surface area contributed by atoms with Crippen LogP contribution in [-0.4, -0.2) is 131 Å². The number of nitrogens with zero attached hydrogens (tertiary/aromatic N) is 8. The van der Waals surface area contributed by atoms with Gasteiger partial charge in [0, 0.05) is 95.2 Å². The van der Waals surface area contributed by atoms with Crippen molar-refractivity contribution < 1.29 is 54.2 Å². The molecular weight excluding hydrogens is 1740 g/mol. The number of aliphatic hydroxyl groups excluding tert-OH is 4. The predicted molar refractivity (Wildman–Crippen MR) is 536 cm³/mol. The minimum Gasteiger partial charge on any atom is -0.462 e. The lowest BCUT2D eigenvalue weighted by atomic mass is 9.46. The molecule has 0 aliphatic heterocycles. The molecule has 138 heavy (non-hydrogen) atoms. The van der Waals surface area contributed by atoms with E-state index in [9.17, 15) is 49.5 Å². The lowest BCUT2D eigenvalue weighted by Gasteiger charge is -2.57. The van der Waals surface area contributed by atoms with E-state index in [0.29, 0.717) is 52.0 Å². The Kier molecular flexibility index (Phi) is 26.3. The molecule has 9 fully saturated rings. The van der Waals surface area contributed by atoms with Crippen LogP contribution in [0.3, 0.4) is 0 Å². The van der Waals surface area contributed by atoms with Crippen molar-refractivity contribution in [1.29, 1.82) is 0 Å². The number of aromatic amines is 1. The van der Waals surface area contributed by atoms with Crippen LogP contribution in [0.4, 0.5) is 5.69 Å². The maximum absolute atomic E-state index is 13.3. The van der Waals surface area contributed by atoms with E-state index in [1.54, 1.807) is 64.2 Å². The Morgan fingerprint density at radius 3 is 1.75 bits per heavy atom. The number of carbonyl (C=O) groups excluding carboxylic acids is 5. The van der Waals surface area contributed by atoms with Crippen LogP contribution < -0.4 is 5.32 Å². The number of nitrogens with one attached hydrogen (secondary N) is 2. The molecule has 7 N–H and O–H groups in total.